The molecule has 2 aromatic heterocycles. The second-order valence-corrected chi connectivity index (χ2v) is 6.63. The van der Waals surface area contributed by atoms with Gasteiger partial charge in [-0.05, 0) is 47.9 Å². The Morgan fingerprint density at radius 3 is 2.90 bits per heavy atom. The van der Waals surface area contributed by atoms with Gasteiger partial charge in [-0.2, -0.15) is 11.3 Å². The summed E-state index contributed by atoms with van der Waals surface area (Å²) in [6.45, 7) is 2.91. The number of anilines is 1. The van der Waals surface area contributed by atoms with Gasteiger partial charge in [-0.15, -0.1) is 0 Å². The van der Waals surface area contributed by atoms with Gasteiger partial charge in [-0.25, -0.2) is 18.1 Å². The van der Waals surface area contributed by atoms with E-state index in [2.05, 4.69) is 15.0 Å². The van der Waals surface area contributed by atoms with E-state index in [-0.39, 0.29) is 5.03 Å². The first kappa shape index (κ1) is 15.0. The zero-order chi connectivity index (χ0) is 14.4. The van der Waals surface area contributed by atoms with Gasteiger partial charge in [0.25, 0.3) is 10.0 Å². The molecule has 2 heterocycles. The van der Waals surface area contributed by atoms with Gasteiger partial charge in [0.2, 0.25) is 0 Å². The number of hydrogen-bond donors (Lipinski definition) is 2. The van der Waals surface area contributed by atoms with Crippen molar-refractivity contribution >= 4 is 27.0 Å². The molecule has 2 aromatic rings. The third-order valence-corrected chi connectivity index (χ3v) is 4.83. The van der Waals surface area contributed by atoms with Crippen LogP contribution in [0.25, 0.3) is 0 Å². The number of aromatic nitrogens is 1. The SMILES string of the molecule is CCNc1cccnc1S(=O)(=O)NCCc1ccsc1. The maximum absolute atomic E-state index is 12.2. The Hall–Kier alpha value is -1.44. The zero-order valence-electron chi connectivity index (χ0n) is 11.2. The highest BCUT2D eigenvalue weighted by atomic mass is 32.2. The van der Waals surface area contributed by atoms with Gasteiger partial charge in [-0.3, -0.25) is 0 Å². The molecule has 0 aliphatic heterocycles. The topological polar surface area (TPSA) is 71.1 Å². The van der Waals surface area contributed by atoms with Gasteiger partial charge in [0.05, 0.1) is 5.69 Å². The third kappa shape index (κ3) is 3.78. The van der Waals surface area contributed by atoms with Gasteiger partial charge >= 0.3 is 0 Å². The first-order valence-corrected chi connectivity index (χ1v) is 8.75. The minimum absolute atomic E-state index is 0.0483. The fourth-order valence-electron chi connectivity index (χ4n) is 1.76. The Labute approximate surface area is 123 Å². The summed E-state index contributed by atoms with van der Waals surface area (Å²) in [5, 5.41) is 7.05. The van der Waals surface area contributed by atoms with Crippen molar-refractivity contribution in [1.82, 2.24) is 9.71 Å². The second kappa shape index (κ2) is 6.83. The molecule has 0 aliphatic carbocycles. The highest BCUT2D eigenvalue weighted by molar-refractivity contribution is 7.89. The maximum Gasteiger partial charge on any atom is 0.260 e. The van der Waals surface area contributed by atoms with Gasteiger partial charge in [0.15, 0.2) is 5.03 Å². The van der Waals surface area contributed by atoms with Crippen molar-refractivity contribution in [3.63, 3.8) is 0 Å². The third-order valence-electron chi connectivity index (χ3n) is 2.68. The zero-order valence-corrected chi connectivity index (χ0v) is 12.8. The molecule has 0 bridgehead atoms. The number of pyridine rings is 1. The highest BCUT2D eigenvalue weighted by Gasteiger charge is 2.19. The van der Waals surface area contributed by atoms with Gasteiger partial charge < -0.3 is 5.32 Å². The summed E-state index contributed by atoms with van der Waals surface area (Å²) in [4.78, 5) is 3.97. The summed E-state index contributed by atoms with van der Waals surface area (Å²) in [5.74, 6) is 0. The largest absolute Gasteiger partial charge is 0.383 e. The molecule has 0 unspecified atom stereocenters. The van der Waals surface area contributed by atoms with Crippen molar-refractivity contribution < 1.29 is 8.42 Å². The van der Waals surface area contributed by atoms with Crippen LogP contribution in [0.2, 0.25) is 0 Å². The smallest absolute Gasteiger partial charge is 0.260 e. The molecule has 0 saturated heterocycles. The Kier molecular flexibility index (Phi) is 5.11. The molecule has 2 N–H and O–H groups in total. The molecule has 108 valence electrons. The molecule has 0 spiro atoms. The molecule has 7 heteroatoms. The standard InChI is InChI=1S/C13H17N3O2S2/c1-2-14-12-4-3-7-15-13(12)20(17,18)16-8-5-11-6-9-19-10-11/h3-4,6-7,9-10,14,16H,2,5,8H2,1H3. The first-order valence-electron chi connectivity index (χ1n) is 6.33. The lowest BCUT2D eigenvalue weighted by Gasteiger charge is -2.10. The summed E-state index contributed by atoms with van der Waals surface area (Å²) >= 11 is 1.60. The summed E-state index contributed by atoms with van der Waals surface area (Å²) in [6.07, 6.45) is 2.15. The van der Waals surface area contributed by atoms with Crippen molar-refractivity contribution in [1.29, 1.82) is 0 Å². The van der Waals surface area contributed by atoms with Gasteiger partial charge in [-0.1, -0.05) is 0 Å². The van der Waals surface area contributed by atoms with E-state index in [9.17, 15) is 8.42 Å². The molecule has 0 radical (unpaired) electrons. The van der Waals surface area contributed by atoms with Crippen molar-refractivity contribution in [2.24, 2.45) is 0 Å². The van der Waals surface area contributed by atoms with Crippen molar-refractivity contribution in [3.05, 3.63) is 40.7 Å². The lowest BCUT2D eigenvalue weighted by Crippen LogP contribution is -2.27. The maximum atomic E-state index is 12.2. The van der Waals surface area contributed by atoms with E-state index in [4.69, 9.17) is 0 Å². The average molecular weight is 311 g/mol. The molecule has 0 amide bonds. The summed E-state index contributed by atoms with van der Waals surface area (Å²) < 4.78 is 27.1. The Morgan fingerprint density at radius 1 is 1.35 bits per heavy atom. The van der Waals surface area contributed by atoms with Crippen molar-refractivity contribution in [3.8, 4) is 0 Å². The number of nitrogens with zero attached hydrogens (tertiary/aromatic N) is 1. The van der Waals surface area contributed by atoms with Crippen LogP contribution in [0.1, 0.15) is 12.5 Å². The van der Waals surface area contributed by atoms with Crippen LogP contribution in [0.15, 0.2) is 40.2 Å². The minimum atomic E-state index is -3.59. The molecule has 0 fully saturated rings. The van der Waals surface area contributed by atoms with Crippen LogP contribution < -0.4 is 10.0 Å². The predicted molar refractivity (Wildman–Crippen MR) is 81.6 cm³/mol. The van der Waals surface area contributed by atoms with E-state index in [1.807, 2.05) is 23.8 Å². The summed E-state index contributed by atoms with van der Waals surface area (Å²) in [6, 6.07) is 5.41. The lowest BCUT2D eigenvalue weighted by molar-refractivity contribution is 0.578. The molecule has 0 aromatic carbocycles. The normalized spacial score (nSPS) is 11.4. The van der Waals surface area contributed by atoms with E-state index < -0.39 is 10.0 Å². The Morgan fingerprint density at radius 2 is 2.20 bits per heavy atom. The first-order chi connectivity index (χ1) is 9.63. The van der Waals surface area contributed by atoms with E-state index in [0.717, 1.165) is 5.56 Å². The molecular weight excluding hydrogens is 294 g/mol. The minimum Gasteiger partial charge on any atom is -0.383 e. The quantitative estimate of drug-likeness (QED) is 0.821. The molecule has 0 atom stereocenters. The van der Waals surface area contributed by atoms with Crippen LogP contribution in [0.4, 0.5) is 5.69 Å². The highest BCUT2D eigenvalue weighted by Crippen LogP contribution is 2.17. The Balaban J connectivity index is 2.06. The predicted octanol–water partition coefficient (Wildman–Crippen LogP) is 2.10. The number of rotatable bonds is 7. The van der Waals surface area contributed by atoms with E-state index >= 15 is 0 Å². The number of hydrogen-bond acceptors (Lipinski definition) is 5. The van der Waals surface area contributed by atoms with Gasteiger partial charge in [0, 0.05) is 19.3 Å². The van der Waals surface area contributed by atoms with Crippen LogP contribution in [0, 0.1) is 0 Å². The lowest BCUT2D eigenvalue weighted by atomic mass is 10.2. The van der Waals surface area contributed by atoms with Crippen LogP contribution >= 0.6 is 11.3 Å². The van der Waals surface area contributed by atoms with Crippen LogP contribution in [-0.2, 0) is 16.4 Å². The number of sulfonamides is 1. The number of thiophene rings is 1. The fraction of sp³-hybridized carbons (Fsp3) is 0.308. The Bertz CT molecular complexity index is 639. The van der Waals surface area contributed by atoms with Crippen LogP contribution in [0.5, 0.6) is 0 Å². The molecule has 2 rings (SSSR count). The fourth-order valence-corrected chi connectivity index (χ4v) is 3.60. The molecule has 20 heavy (non-hydrogen) atoms. The number of nitrogens with one attached hydrogen (secondary N) is 2. The molecule has 0 aliphatic rings. The van der Waals surface area contributed by atoms with Crippen LogP contribution in [0.3, 0.4) is 0 Å². The monoisotopic (exact) mass is 311 g/mol. The second-order valence-electron chi connectivity index (χ2n) is 4.17. The van der Waals surface area contributed by atoms with Gasteiger partial charge in [0.1, 0.15) is 0 Å². The van der Waals surface area contributed by atoms with Crippen LogP contribution in [-0.4, -0.2) is 26.5 Å². The molecule has 0 saturated carbocycles. The molecule has 5 nitrogen and oxygen atoms in total. The van der Waals surface area contributed by atoms with E-state index in [1.54, 1.807) is 23.5 Å². The summed E-state index contributed by atoms with van der Waals surface area (Å²) in [7, 11) is -3.59. The molecular formula is C13H17N3O2S2. The summed E-state index contributed by atoms with van der Waals surface area (Å²) in [5.41, 5.74) is 1.66. The average Bonchev–Trinajstić information content (AvgIpc) is 2.92. The van der Waals surface area contributed by atoms with Crippen molar-refractivity contribution in [2.75, 3.05) is 18.4 Å². The van der Waals surface area contributed by atoms with Crippen molar-refractivity contribution in [2.45, 2.75) is 18.4 Å². The van der Waals surface area contributed by atoms with E-state index in [0.29, 0.717) is 25.2 Å². The van der Waals surface area contributed by atoms with E-state index in [1.165, 1.54) is 6.20 Å².